The van der Waals surface area contributed by atoms with Gasteiger partial charge in [0.2, 0.25) is 5.91 Å². The van der Waals surface area contributed by atoms with E-state index < -0.39 is 0 Å². The Kier molecular flexibility index (Phi) is 7.57. The fraction of sp³-hybridized carbons (Fsp3) is 0.478. The highest BCUT2D eigenvalue weighted by Crippen LogP contribution is 2.32. The number of rotatable bonds is 7. The molecular weight excluding hydrogens is 435 g/mol. The number of carbonyl (C=O) groups excluding carboxylic acids is 1. The number of hydrogen-bond acceptors (Lipinski definition) is 6. The molecule has 4 rings (SSSR count). The highest BCUT2D eigenvalue weighted by Gasteiger charge is 2.33. The topological polar surface area (TPSA) is 84.5 Å². The maximum atomic E-state index is 14.4. The zero-order chi connectivity index (χ0) is 22.5. The molecule has 0 saturated carbocycles. The average Bonchev–Trinajstić information content (AvgIpc) is 3.30. The second-order valence-electron chi connectivity index (χ2n) is 8.21. The zero-order valence-electron chi connectivity index (χ0n) is 18.0. The van der Waals surface area contributed by atoms with Crippen molar-refractivity contribution in [2.75, 3.05) is 50.6 Å². The molecule has 0 spiro atoms. The van der Waals surface area contributed by atoms with Gasteiger partial charge in [-0.1, -0.05) is 17.7 Å². The minimum Gasteiger partial charge on any atom is -0.382 e. The Hall–Kier alpha value is -2.26. The molecule has 2 aromatic rings. The molecule has 2 fully saturated rings. The monoisotopic (exact) mass is 462 g/mol. The first-order chi connectivity index (χ1) is 15.5. The van der Waals surface area contributed by atoms with Crippen LogP contribution in [0, 0.1) is 17.7 Å². The molecule has 0 aliphatic carbocycles. The standard InChI is InChI=1S/C23H28ClFN4O3/c1-31-21-13-26-11-17(21)23(30)29-22-9-16(18(24)12-28-22)15-2-3-19(25)20(8-15)27-10-14-4-6-32-7-5-14/h2-3,8-9,12,14,17,21,26-27H,4-7,10-11,13H2,1H3,(H,28,29,30). The molecule has 9 heteroatoms. The van der Waals surface area contributed by atoms with Crippen molar-refractivity contribution < 1.29 is 18.7 Å². The number of nitrogens with zero attached hydrogens (tertiary/aromatic N) is 1. The minimum atomic E-state index is -0.321. The summed E-state index contributed by atoms with van der Waals surface area (Å²) >= 11 is 6.40. The van der Waals surface area contributed by atoms with Crippen LogP contribution >= 0.6 is 11.6 Å². The van der Waals surface area contributed by atoms with Gasteiger partial charge in [0.25, 0.3) is 0 Å². The van der Waals surface area contributed by atoms with Crippen molar-refractivity contribution in [1.82, 2.24) is 10.3 Å². The summed E-state index contributed by atoms with van der Waals surface area (Å²) in [5.41, 5.74) is 1.83. The van der Waals surface area contributed by atoms with E-state index >= 15 is 0 Å². The van der Waals surface area contributed by atoms with Crippen LogP contribution in [-0.2, 0) is 14.3 Å². The molecule has 1 aromatic heterocycles. The quantitative estimate of drug-likeness (QED) is 0.583. The van der Waals surface area contributed by atoms with Gasteiger partial charge in [0.1, 0.15) is 11.6 Å². The molecule has 7 nitrogen and oxygen atoms in total. The fourth-order valence-corrected chi connectivity index (χ4v) is 4.36. The largest absolute Gasteiger partial charge is 0.382 e. The molecule has 2 aliphatic rings. The summed E-state index contributed by atoms with van der Waals surface area (Å²) in [6.45, 7) is 3.36. The van der Waals surface area contributed by atoms with Crippen LogP contribution in [0.1, 0.15) is 12.8 Å². The third-order valence-corrected chi connectivity index (χ3v) is 6.41. The van der Waals surface area contributed by atoms with Gasteiger partial charge in [0, 0.05) is 51.7 Å². The van der Waals surface area contributed by atoms with Gasteiger partial charge < -0.3 is 25.4 Å². The third kappa shape index (κ3) is 5.38. The fourth-order valence-electron chi connectivity index (χ4n) is 4.14. The van der Waals surface area contributed by atoms with Crippen molar-refractivity contribution in [3.8, 4) is 11.1 Å². The molecule has 0 bridgehead atoms. The van der Waals surface area contributed by atoms with Gasteiger partial charge in [-0.2, -0.15) is 0 Å². The lowest BCUT2D eigenvalue weighted by Gasteiger charge is -2.23. The summed E-state index contributed by atoms with van der Waals surface area (Å²) < 4.78 is 25.2. The van der Waals surface area contributed by atoms with E-state index in [1.807, 2.05) is 0 Å². The van der Waals surface area contributed by atoms with Crippen molar-refractivity contribution in [3.05, 3.63) is 41.3 Å². The van der Waals surface area contributed by atoms with Gasteiger partial charge in [-0.3, -0.25) is 4.79 Å². The molecule has 2 aliphatic heterocycles. The van der Waals surface area contributed by atoms with Crippen LogP contribution in [0.5, 0.6) is 0 Å². The van der Waals surface area contributed by atoms with Crippen LogP contribution < -0.4 is 16.0 Å². The number of ether oxygens (including phenoxy) is 2. The first-order valence-corrected chi connectivity index (χ1v) is 11.2. The number of nitrogens with one attached hydrogen (secondary N) is 3. The number of amides is 1. The smallest absolute Gasteiger partial charge is 0.232 e. The maximum Gasteiger partial charge on any atom is 0.232 e. The number of aromatic nitrogens is 1. The van der Waals surface area contributed by atoms with E-state index in [9.17, 15) is 9.18 Å². The molecule has 3 N–H and O–H groups in total. The summed E-state index contributed by atoms with van der Waals surface area (Å²) in [6, 6.07) is 6.54. The second-order valence-corrected chi connectivity index (χ2v) is 8.62. The van der Waals surface area contributed by atoms with Crippen LogP contribution in [0.3, 0.4) is 0 Å². The lowest BCUT2D eigenvalue weighted by atomic mass is 10.00. The van der Waals surface area contributed by atoms with Gasteiger partial charge in [-0.05, 0) is 42.5 Å². The Labute approximate surface area is 192 Å². The molecule has 172 valence electrons. The van der Waals surface area contributed by atoms with Crippen LogP contribution in [0.2, 0.25) is 5.02 Å². The van der Waals surface area contributed by atoms with Crippen molar-refractivity contribution in [2.24, 2.45) is 11.8 Å². The number of pyridine rings is 1. The first-order valence-electron chi connectivity index (χ1n) is 10.9. The Morgan fingerprint density at radius 2 is 2.12 bits per heavy atom. The van der Waals surface area contributed by atoms with Crippen LogP contribution in [-0.4, -0.2) is 57.0 Å². The van der Waals surface area contributed by atoms with E-state index in [-0.39, 0.29) is 23.7 Å². The highest BCUT2D eigenvalue weighted by molar-refractivity contribution is 6.33. The Morgan fingerprint density at radius 3 is 2.91 bits per heavy atom. The van der Waals surface area contributed by atoms with Crippen molar-refractivity contribution in [2.45, 2.75) is 18.9 Å². The predicted octanol–water partition coefficient (Wildman–Crippen LogP) is 3.55. The number of methoxy groups -OCH3 is 1. The number of halogens is 2. The van der Waals surface area contributed by atoms with Gasteiger partial charge in [-0.25, -0.2) is 9.37 Å². The molecule has 0 radical (unpaired) electrons. The molecular formula is C23H28ClFN4O3. The summed E-state index contributed by atoms with van der Waals surface area (Å²) in [5.74, 6) is 0.0588. The molecule has 2 saturated heterocycles. The third-order valence-electron chi connectivity index (χ3n) is 6.10. The minimum absolute atomic E-state index is 0.166. The predicted molar refractivity (Wildman–Crippen MR) is 122 cm³/mol. The van der Waals surface area contributed by atoms with E-state index in [0.717, 1.165) is 31.6 Å². The zero-order valence-corrected chi connectivity index (χ0v) is 18.8. The average molecular weight is 463 g/mol. The molecule has 3 heterocycles. The maximum absolute atomic E-state index is 14.4. The van der Waals surface area contributed by atoms with E-state index in [4.69, 9.17) is 21.1 Å². The number of carbonyl (C=O) groups is 1. The van der Waals surface area contributed by atoms with Crippen molar-refractivity contribution in [3.63, 3.8) is 0 Å². The number of benzene rings is 1. The normalized spacial score (nSPS) is 21.5. The summed E-state index contributed by atoms with van der Waals surface area (Å²) in [7, 11) is 1.60. The molecule has 32 heavy (non-hydrogen) atoms. The van der Waals surface area contributed by atoms with E-state index in [2.05, 4.69) is 20.9 Å². The number of hydrogen-bond donors (Lipinski definition) is 3. The van der Waals surface area contributed by atoms with Gasteiger partial charge >= 0.3 is 0 Å². The summed E-state index contributed by atoms with van der Waals surface area (Å²) in [5, 5.41) is 9.65. The number of anilines is 2. The molecule has 2 atom stereocenters. The van der Waals surface area contributed by atoms with Crippen LogP contribution in [0.15, 0.2) is 30.5 Å². The summed E-state index contributed by atoms with van der Waals surface area (Å²) in [6.07, 6.45) is 3.25. The lowest BCUT2D eigenvalue weighted by Crippen LogP contribution is -2.33. The summed E-state index contributed by atoms with van der Waals surface area (Å²) in [4.78, 5) is 16.9. The highest BCUT2D eigenvalue weighted by atomic mass is 35.5. The Balaban J connectivity index is 1.49. The lowest BCUT2D eigenvalue weighted by molar-refractivity contribution is -0.122. The first kappa shape index (κ1) is 22.9. The van der Waals surface area contributed by atoms with Crippen molar-refractivity contribution in [1.29, 1.82) is 0 Å². The SMILES string of the molecule is COC1CNCC1C(=O)Nc1cc(-c2ccc(F)c(NCC3CCOCC3)c2)c(Cl)cn1. The van der Waals surface area contributed by atoms with Crippen molar-refractivity contribution >= 4 is 29.0 Å². The van der Waals surface area contributed by atoms with Gasteiger partial charge in [0.05, 0.1) is 22.7 Å². The van der Waals surface area contributed by atoms with E-state index in [1.165, 1.54) is 12.3 Å². The van der Waals surface area contributed by atoms with E-state index in [0.29, 0.717) is 47.6 Å². The van der Waals surface area contributed by atoms with Gasteiger partial charge in [0.15, 0.2) is 0 Å². The van der Waals surface area contributed by atoms with E-state index in [1.54, 1.807) is 25.3 Å². The van der Waals surface area contributed by atoms with Gasteiger partial charge in [-0.15, -0.1) is 0 Å². The molecule has 2 unspecified atom stereocenters. The Morgan fingerprint density at radius 1 is 1.31 bits per heavy atom. The van der Waals surface area contributed by atoms with Crippen LogP contribution in [0.25, 0.3) is 11.1 Å². The van der Waals surface area contributed by atoms with Crippen LogP contribution in [0.4, 0.5) is 15.9 Å². The molecule has 1 amide bonds. The molecule has 1 aromatic carbocycles. The second kappa shape index (κ2) is 10.6. The Bertz CT molecular complexity index is 955.